The van der Waals surface area contributed by atoms with E-state index < -0.39 is 5.92 Å². The second kappa shape index (κ2) is 17.2. The molecule has 0 saturated heterocycles. The molecule has 0 aliphatic carbocycles. The molecule has 4 N–H and O–H groups in total. The van der Waals surface area contributed by atoms with Crippen molar-refractivity contribution in [3.8, 4) is 5.75 Å². The number of primary amides is 1. The number of guanidine groups is 1. The van der Waals surface area contributed by atoms with E-state index in [2.05, 4.69) is 34.2 Å². The number of ether oxygens (including phenoxy) is 1. The lowest BCUT2D eigenvalue weighted by Gasteiger charge is -2.33. The molecule has 0 aromatic heterocycles. The van der Waals surface area contributed by atoms with Crippen LogP contribution in [0.3, 0.4) is 0 Å². The summed E-state index contributed by atoms with van der Waals surface area (Å²) in [5, 5.41) is 6.77. The van der Waals surface area contributed by atoms with Crippen LogP contribution in [-0.2, 0) is 22.6 Å². The summed E-state index contributed by atoms with van der Waals surface area (Å²) in [6.45, 7) is 4.62. The van der Waals surface area contributed by atoms with Crippen LogP contribution in [0.25, 0.3) is 0 Å². The molecule has 2 atom stereocenters. The van der Waals surface area contributed by atoms with Crippen LogP contribution in [0.2, 0.25) is 0 Å². The summed E-state index contributed by atoms with van der Waals surface area (Å²) >= 11 is 6.04. The maximum atomic E-state index is 13.7. The highest BCUT2D eigenvalue weighted by atomic mass is 35.5. The number of fused-ring (bicyclic) bond motifs is 2. The maximum Gasteiger partial charge on any atom is 0.246 e. The molecule has 9 nitrogen and oxygen atoms in total. The zero-order valence-corrected chi connectivity index (χ0v) is 28.1. The van der Waals surface area contributed by atoms with Crippen molar-refractivity contribution in [3.05, 3.63) is 89.5 Å². The van der Waals surface area contributed by atoms with E-state index in [-0.39, 0.29) is 24.4 Å². The summed E-state index contributed by atoms with van der Waals surface area (Å²) < 4.78 is 10.1. The summed E-state index contributed by atoms with van der Waals surface area (Å²) in [5.74, 6) is 0.319. The fourth-order valence-electron chi connectivity index (χ4n) is 6.56. The van der Waals surface area contributed by atoms with Crippen molar-refractivity contribution in [2.75, 3.05) is 36.5 Å². The summed E-state index contributed by atoms with van der Waals surface area (Å²) in [6.07, 6.45) is 8.35. The Balaban J connectivity index is 1.19. The van der Waals surface area contributed by atoms with Crippen molar-refractivity contribution in [2.45, 2.75) is 70.9 Å². The topological polar surface area (TPSA) is 112 Å². The number of nitrogens with zero attached hydrogens (tertiary/aromatic N) is 3. The van der Waals surface area contributed by atoms with E-state index in [1.165, 1.54) is 31.2 Å². The van der Waals surface area contributed by atoms with Gasteiger partial charge in [0.15, 0.2) is 0 Å². The first-order chi connectivity index (χ1) is 23.0. The van der Waals surface area contributed by atoms with Crippen molar-refractivity contribution in [1.29, 1.82) is 0 Å². The molecule has 5 rings (SSSR count). The van der Waals surface area contributed by atoms with Crippen LogP contribution in [-0.4, -0.2) is 48.9 Å². The Kier molecular flexibility index (Phi) is 12.5. The molecule has 2 amide bonds. The molecule has 0 bridgehead atoms. The first-order valence-corrected chi connectivity index (χ1v) is 17.2. The molecule has 10 heteroatoms. The Morgan fingerprint density at radius 3 is 2.57 bits per heavy atom. The number of amides is 2. The lowest BCUT2D eigenvalue weighted by Crippen LogP contribution is -2.47. The normalized spacial score (nSPS) is 16.9. The number of nitrogens with one attached hydrogen (secondary N) is 2. The van der Waals surface area contributed by atoms with Crippen LogP contribution in [0.15, 0.2) is 77.3 Å². The predicted molar refractivity (Wildman–Crippen MR) is 190 cm³/mol. The third-order valence-corrected chi connectivity index (χ3v) is 9.27. The molecule has 47 heavy (non-hydrogen) atoms. The van der Waals surface area contributed by atoms with Gasteiger partial charge >= 0.3 is 0 Å². The van der Waals surface area contributed by atoms with Crippen molar-refractivity contribution < 1.29 is 14.3 Å². The van der Waals surface area contributed by atoms with E-state index in [0.29, 0.717) is 37.8 Å². The number of benzene rings is 3. The van der Waals surface area contributed by atoms with Gasteiger partial charge in [-0.05, 0) is 60.7 Å². The molecule has 2 heterocycles. The number of hydrogen-bond donors (Lipinski definition) is 3. The quantitative estimate of drug-likeness (QED) is 0.150. The number of carbonyl (C=O) groups excluding carboxylic acids is 2. The summed E-state index contributed by atoms with van der Waals surface area (Å²) in [5.41, 5.74) is 11.0. The minimum Gasteiger partial charge on any atom is -0.493 e. The minimum absolute atomic E-state index is 0.00753. The Hall–Kier alpha value is -4.08. The fraction of sp³-hybridized carbons (Fsp3) is 0.432. The molecule has 2 aliphatic heterocycles. The lowest BCUT2D eigenvalue weighted by atomic mass is 9.84. The van der Waals surface area contributed by atoms with Gasteiger partial charge in [0.05, 0.1) is 12.5 Å². The minimum atomic E-state index is -0.398. The highest BCUT2D eigenvalue weighted by Crippen LogP contribution is 2.32. The third kappa shape index (κ3) is 9.05. The monoisotopic (exact) mass is 658 g/mol. The van der Waals surface area contributed by atoms with E-state index in [4.69, 9.17) is 22.2 Å². The molecular formula is C37H47ClN6O3. The van der Waals surface area contributed by atoms with Gasteiger partial charge in [-0.15, -0.1) is 4.51 Å². The molecule has 3 aromatic carbocycles. The zero-order valence-electron chi connectivity index (χ0n) is 27.3. The predicted octanol–water partition coefficient (Wildman–Crippen LogP) is 6.58. The molecule has 3 aromatic rings. The SMILES string of the molecule is CCCCCCCCN(C(=O)CN1Cc2ccc(OCCC(C(N)=O)C3NCCc4ccccc43)cc2N/C1=N/Cl)c1ccccc1. The number of para-hydroxylation sites is 1. The summed E-state index contributed by atoms with van der Waals surface area (Å²) in [4.78, 5) is 29.9. The number of anilines is 2. The second-order valence-electron chi connectivity index (χ2n) is 12.4. The van der Waals surface area contributed by atoms with Crippen molar-refractivity contribution >= 4 is 40.9 Å². The number of halogens is 1. The smallest absolute Gasteiger partial charge is 0.246 e. The second-order valence-corrected chi connectivity index (χ2v) is 12.6. The number of carbonyl (C=O) groups is 2. The van der Waals surface area contributed by atoms with Crippen LogP contribution in [0, 0.1) is 5.92 Å². The summed E-state index contributed by atoms with van der Waals surface area (Å²) in [7, 11) is 0. The molecule has 250 valence electrons. The van der Waals surface area contributed by atoms with Crippen LogP contribution >= 0.6 is 11.8 Å². The molecule has 0 spiro atoms. The van der Waals surface area contributed by atoms with Crippen molar-refractivity contribution in [3.63, 3.8) is 0 Å². The molecule has 0 fully saturated rings. The zero-order chi connectivity index (χ0) is 33.0. The Labute approximate surface area is 283 Å². The molecular weight excluding hydrogens is 612 g/mol. The van der Waals surface area contributed by atoms with Crippen molar-refractivity contribution in [1.82, 2.24) is 10.2 Å². The molecule has 0 saturated carbocycles. The highest BCUT2D eigenvalue weighted by molar-refractivity contribution is 6.21. The lowest BCUT2D eigenvalue weighted by molar-refractivity contribution is -0.123. The Morgan fingerprint density at radius 1 is 1.02 bits per heavy atom. The average Bonchev–Trinajstić information content (AvgIpc) is 3.09. The summed E-state index contributed by atoms with van der Waals surface area (Å²) in [6, 6.07) is 23.7. The van der Waals surface area contributed by atoms with Gasteiger partial charge in [0.25, 0.3) is 0 Å². The van der Waals surface area contributed by atoms with E-state index in [1.807, 2.05) is 70.5 Å². The third-order valence-electron chi connectivity index (χ3n) is 9.11. The van der Waals surface area contributed by atoms with Crippen LogP contribution in [0.5, 0.6) is 5.75 Å². The maximum absolute atomic E-state index is 13.7. The Morgan fingerprint density at radius 2 is 1.79 bits per heavy atom. The van der Waals surface area contributed by atoms with Crippen LogP contribution < -0.4 is 26.0 Å². The van der Waals surface area contributed by atoms with Crippen LogP contribution in [0.4, 0.5) is 11.4 Å². The van der Waals surface area contributed by atoms with Crippen molar-refractivity contribution in [2.24, 2.45) is 16.2 Å². The van der Waals surface area contributed by atoms with Gasteiger partial charge in [-0.25, -0.2) is 0 Å². The van der Waals surface area contributed by atoms with Gasteiger partial charge in [-0.1, -0.05) is 87.6 Å². The van der Waals surface area contributed by atoms with Gasteiger partial charge in [-0.2, -0.15) is 0 Å². The largest absolute Gasteiger partial charge is 0.493 e. The number of hydrogen-bond acceptors (Lipinski definition) is 5. The van der Waals surface area contributed by atoms with Gasteiger partial charge < -0.3 is 30.9 Å². The first kappa shape index (κ1) is 34.3. The first-order valence-electron chi connectivity index (χ1n) is 16.9. The van der Waals surface area contributed by atoms with Gasteiger partial charge in [0, 0.05) is 48.3 Å². The van der Waals surface area contributed by atoms with Crippen LogP contribution in [0.1, 0.15) is 74.6 Å². The Bertz CT molecular complexity index is 1520. The van der Waals surface area contributed by atoms with Gasteiger partial charge in [0.1, 0.15) is 12.3 Å². The number of unbranched alkanes of at least 4 members (excludes halogenated alkanes) is 5. The molecule has 0 radical (unpaired) electrons. The van der Waals surface area contributed by atoms with E-state index in [1.54, 1.807) is 0 Å². The van der Waals surface area contributed by atoms with E-state index in [9.17, 15) is 9.59 Å². The average molecular weight is 659 g/mol. The fourth-order valence-corrected chi connectivity index (χ4v) is 6.71. The molecule has 2 unspecified atom stereocenters. The van der Waals surface area contributed by atoms with E-state index in [0.717, 1.165) is 48.3 Å². The number of nitrogens with two attached hydrogens (primary N) is 1. The highest BCUT2D eigenvalue weighted by Gasteiger charge is 2.31. The van der Waals surface area contributed by atoms with E-state index >= 15 is 0 Å². The standard InChI is InChI=1S/C37H47ClN6O3/c1-2-3-4-5-6-12-22-44(29-14-8-7-9-15-29)34(45)26-43-25-28-17-18-30(24-33(28)41-37(43)42-38)47-23-20-32(36(39)46)35-31-16-11-10-13-27(31)19-21-40-35/h7-11,13-18,24,32,35,40H,2-6,12,19-23,25-26H2,1H3,(H2,39,46)(H,41,42). The number of rotatable bonds is 16. The molecule has 2 aliphatic rings. The van der Waals surface area contributed by atoms with Gasteiger partial charge in [-0.3, -0.25) is 9.59 Å². The van der Waals surface area contributed by atoms with Gasteiger partial charge in [0.2, 0.25) is 17.8 Å².